The van der Waals surface area contributed by atoms with Crippen LogP contribution in [0.4, 0.5) is 0 Å². The van der Waals surface area contributed by atoms with Crippen LogP contribution in [0.15, 0.2) is 70.4 Å². The average Bonchev–Trinajstić information content (AvgIpc) is 3.49. The number of amides is 2. The number of piperidine rings is 1. The van der Waals surface area contributed by atoms with Crippen molar-refractivity contribution in [2.24, 2.45) is 10.1 Å². The van der Waals surface area contributed by atoms with Gasteiger partial charge in [-0.25, -0.2) is 0 Å². The zero-order chi connectivity index (χ0) is 26.2. The lowest BCUT2D eigenvalue weighted by Crippen LogP contribution is -2.36. The lowest BCUT2D eigenvalue weighted by molar-refractivity contribution is -0.130. The van der Waals surface area contributed by atoms with Crippen LogP contribution < -0.4 is 0 Å². The minimum atomic E-state index is -0.490. The highest BCUT2D eigenvalue weighted by Gasteiger charge is 2.36. The molecule has 192 valence electrons. The zero-order valence-corrected chi connectivity index (χ0v) is 22.1. The zero-order valence-electron chi connectivity index (χ0n) is 20.6. The summed E-state index contributed by atoms with van der Waals surface area (Å²) in [5.41, 5.74) is 2.93. The molecule has 3 aliphatic rings. The molecule has 38 heavy (non-hydrogen) atoms. The van der Waals surface area contributed by atoms with Crippen molar-refractivity contribution < 1.29 is 9.59 Å². The summed E-state index contributed by atoms with van der Waals surface area (Å²) in [7, 11) is 0. The molecule has 10 heteroatoms. The number of para-hydroxylation sites is 1. The Morgan fingerprint density at radius 1 is 1.08 bits per heavy atom. The third kappa shape index (κ3) is 4.68. The van der Waals surface area contributed by atoms with Crippen LogP contribution in [0.25, 0.3) is 17.0 Å². The van der Waals surface area contributed by atoms with Crippen molar-refractivity contribution >= 4 is 68.2 Å². The maximum absolute atomic E-state index is 13.0. The standard InChI is InChI=1S/C28H25ClN6O2S/c29-22-10-4-2-8-18(22)16-34-17-19(20-9-3-5-11-23(20)34)14-21-26(30)35-28(31-27(21)37)38-24(32-35)15-25(36)33-12-6-1-7-13-33/h2-5,8-11,14,17,30H,1,6-7,12-13,15-16H2/b21-14+,30-26?. The van der Waals surface area contributed by atoms with E-state index >= 15 is 0 Å². The maximum Gasteiger partial charge on any atom is 0.283 e. The van der Waals surface area contributed by atoms with Gasteiger partial charge in [0, 0.05) is 47.3 Å². The monoisotopic (exact) mass is 544 g/mol. The summed E-state index contributed by atoms with van der Waals surface area (Å²) in [6.07, 6.45) is 7.00. The van der Waals surface area contributed by atoms with Gasteiger partial charge in [0.1, 0.15) is 5.04 Å². The molecule has 0 aliphatic carbocycles. The van der Waals surface area contributed by atoms with Crippen LogP contribution >= 0.6 is 23.4 Å². The van der Waals surface area contributed by atoms with Crippen molar-refractivity contribution in [3.63, 3.8) is 0 Å². The van der Waals surface area contributed by atoms with E-state index in [4.69, 9.17) is 17.0 Å². The number of hydrogen-bond donors (Lipinski definition) is 1. The predicted molar refractivity (Wildman–Crippen MR) is 153 cm³/mol. The first-order valence-electron chi connectivity index (χ1n) is 12.6. The van der Waals surface area contributed by atoms with E-state index in [1.807, 2.05) is 59.6 Å². The first kappa shape index (κ1) is 24.6. The number of fused-ring (bicyclic) bond motifs is 2. The fraction of sp³-hybridized carbons (Fsp3) is 0.250. The fourth-order valence-corrected chi connectivity index (χ4v) is 6.05. The van der Waals surface area contributed by atoms with Crippen molar-refractivity contribution in [1.29, 1.82) is 5.41 Å². The number of nitrogens with one attached hydrogen (secondary N) is 1. The Morgan fingerprint density at radius 3 is 2.66 bits per heavy atom. The molecule has 0 bridgehead atoms. The Labute approximate surface area is 229 Å². The second-order valence-corrected chi connectivity index (χ2v) is 10.9. The smallest absolute Gasteiger partial charge is 0.283 e. The van der Waals surface area contributed by atoms with Gasteiger partial charge in [-0.3, -0.25) is 15.0 Å². The summed E-state index contributed by atoms with van der Waals surface area (Å²) < 4.78 is 2.09. The summed E-state index contributed by atoms with van der Waals surface area (Å²) in [4.78, 5) is 31.8. The minimum Gasteiger partial charge on any atom is -0.342 e. The number of thioether (sulfide) groups is 1. The Balaban J connectivity index is 1.28. The quantitative estimate of drug-likeness (QED) is 0.437. The fourth-order valence-electron chi connectivity index (χ4n) is 4.97. The molecule has 0 saturated carbocycles. The van der Waals surface area contributed by atoms with E-state index in [2.05, 4.69) is 14.7 Å². The van der Waals surface area contributed by atoms with E-state index in [0.717, 1.165) is 54.4 Å². The molecule has 0 spiro atoms. The van der Waals surface area contributed by atoms with Gasteiger partial charge in [0.25, 0.3) is 5.91 Å². The Hall–Kier alpha value is -3.69. The van der Waals surface area contributed by atoms with Crippen LogP contribution in [0, 0.1) is 5.41 Å². The molecule has 1 aromatic heterocycles. The van der Waals surface area contributed by atoms with E-state index in [0.29, 0.717) is 21.8 Å². The van der Waals surface area contributed by atoms with Crippen LogP contribution in [0.5, 0.6) is 0 Å². The van der Waals surface area contributed by atoms with Crippen LogP contribution in [0.1, 0.15) is 36.8 Å². The van der Waals surface area contributed by atoms with E-state index in [1.165, 1.54) is 16.8 Å². The molecule has 1 fully saturated rings. The number of rotatable bonds is 5. The number of benzene rings is 2. The predicted octanol–water partition coefficient (Wildman–Crippen LogP) is 5.36. The van der Waals surface area contributed by atoms with Gasteiger partial charge < -0.3 is 9.47 Å². The third-order valence-corrected chi connectivity index (χ3v) is 8.20. The van der Waals surface area contributed by atoms with Gasteiger partial charge in [0.15, 0.2) is 5.84 Å². The molecule has 0 unspecified atom stereocenters. The number of hydrazone groups is 1. The topological polar surface area (TPSA) is 94.1 Å². The lowest BCUT2D eigenvalue weighted by atomic mass is 10.1. The van der Waals surface area contributed by atoms with Gasteiger partial charge in [-0.15, -0.1) is 0 Å². The van der Waals surface area contributed by atoms with Crippen LogP contribution in [-0.4, -0.2) is 55.4 Å². The van der Waals surface area contributed by atoms with Gasteiger partial charge in [0.2, 0.25) is 11.1 Å². The maximum atomic E-state index is 13.0. The first-order chi connectivity index (χ1) is 18.5. The van der Waals surface area contributed by atoms with Crippen LogP contribution in [-0.2, 0) is 16.1 Å². The number of carbonyl (C=O) groups is 2. The summed E-state index contributed by atoms with van der Waals surface area (Å²) in [5, 5.41) is 17.1. The number of hydrogen-bond acceptors (Lipinski definition) is 5. The number of amidine groups is 2. The number of halogens is 1. The van der Waals surface area contributed by atoms with E-state index < -0.39 is 5.91 Å². The molecule has 0 radical (unpaired) electrons. The van der Waals surface area contributed by atoms with Gasteiger partial charge >= 0.3 is 0 Å². The number of nitrogens with zero attached hydrogens (tertiary/aromatic N) is 5. The lowest BCUT2D eigenvalue weighted by Gasteiger charge is -2.26. The van der Waals surface area contributed by atoms with Crippen molar-refractivity contribution in [1.82, 2.24) is 14.5 Å². The third-order valence-electron chi connectivity index (χ3n) is 6.93. The molecular formula is C28H25ClN6O2S. The molecule has 1 saturated heterocycles. The molecule has 2 amide bonds. The highest BCUT2D eigenvalue weighted by atomic mass is 35.5. The molecule has 0 atom stereocenters. The summed E-state index contributed by atoms with van der Waals surface area (Å²) in [5.74, 6) is -0.511. The highest BCUT2D eigenvalue weighted by molar-refractivity contribution is 8.27. The average molecular weight is 545 g/mol. The molecule has 1 N–H and O–H groups in total. The SMILES string of the molecule is N=C1/C(=C\c2cn(Cc3ccccc3Cl)c3ccccc23)C(=O)N=C2SC(CC(=O)N3CCCCC3)=NN12. The van der Waals surface area contributed by atoms with E-state index in [-0.39, 0.29) is 23.7 Å². The van der Waals surface area contributed by atoms with Gasteiger partial charge in [0.05, 0.1) is 12.0 Å². The Morgan fingerprint density at radius 2 is 1.84 bits per heavy atom. The van der Waals surface area contributed by atoms with Crippen molar-refractivity contribution in [3.8, 4) is 0 Å². The Kier molecular flexibility index (Phi) is 6.63. The van der Waals surface area contributed by atoms with Gasteiger partial charge in [-0.1, -0.05) is 48.0 Å². The molecule has 8 nitrogen and oxygen atoms in total. The molecule has 2 aromatic carbocycles. The van der Waals surface area contributed by atoms with E-state index in [9.17, 15) is 9.59 Å². The number of likely N-dealkylation sites (tertiary alicyclic amines) is 1. The van der Waals surface area contributed by atoms with Crippen molar-refractivity contribution in [2.75, 3.05) is 13.1 Å². The molecule has 3 aromatic rings. The first-order valence-corrected chi connectivity index (χ1v) is 13.8. The Bertz CT molecular complexity index is 1570. The van der Waals surface area contributed by atoms with Gasteiger partial charge in [-0.05, 0) is 54.8 Å². The molecule has 6 rings (SSSR count). The molecule has 4 heterocycles. The number of aliphatic imine (C=N–C) groups is 1. The summed E-state index contributed by atoms with van der Waals surface area (Å²) in [6.45, 7) is 2.11. The number of aromatic nitrogens is 1. The summed E-state index contributed by atoms with van der Waals surface area (Å²) in [6, 6.07) is 15.6. The summed E-state index contributed by atoms with van der Waals surface area (Å²) >= 11 is 7.59. The van der Waals surface area contributed by atoms with Crippen molar-refractivity contribution in [2.45, 2.75) is 32.2 Å². The largest absolute Gasteiger partial charge is 0.342 e. The van der Waals surface area contributed by atoms with Gasteiger partial charge in [-0.2, -0.15) is 15.1 Å². The normalized spacial score (nSPS) is 18.7. The second kappa shape index (κ2) is 10.2. The molecule has 3 aliphatic heterocycles. The van der Waals surface area contributed by atoms with Crippen molar-refractivity contribution in [3.05, 3.63) is 76.5 Å². The van der Waals surface area contributed by atoms with Crippen LogP contribution in [0.3, 0.4) is 0 Å². The minimum absolute atomic E-state index is 0.0244. The second-order valence-electron chi connectivity index (χ2n) is 9.45. The van der Waals surface area contributed by atoms with E-state index in [1.54, 1.807) is 6.08 Å². The number of carbonyl (C=O) groups excluding carboxylic acids is 2. The highest BCUT2D eigenvalue weighted by Crippen LogP contribution is 2.32. The molecular weight excluding hydrogens is 520 g/mol. The van der Waals surface area contributed by atoms with Crippen LogP contribution in [0.2, 0.25) is 5.02 Å².